The van der Waals surface area contributed by atoms with Gasteiger partial charge >= 0.3 is 0 Å². The summed E-state index contributed by atoms with van der Waals surface area (Å²) < 4.78 is 5.41. The van der Waals surface area contributed by atoms with Crippen molar-refractivity contribution in [3.05, 3.63) is 59.9 Å². The number of para-hydroxylation sites is 2. The highest BCUT2D eigenvalue weighted by Gasteiger charge is 2.34. The predicted octanol–water partition coefficient (Wildman–Crippen LogP) is 3.20. The maximum atomic E-state index is 12.5. The minimum atomic E-state index is 0.0606. The van der Waals surface area contributed by atoms with Crippen LogP contribution in [-0.4, -0.2) is 40.5 Å². The number of likely N-dealkylation sites (tertiary alicyclic amines) is 1. The summed E-state index contributed by atoms with van der Waals surface area (Å²) in [5, 5.41) is 0. The van der Waals surface area contributed by atoms with Crippen molar-refractivity contribution < 1.29 is 9.53 Å². The summed E-state index contributed by atoms with van der Waals surface area (Å²) in [4.78, 5) is 22.3. The third-order valence-corrected chi connectivity index (χ3v) is 4.38. The van der Waals surface area contributed by atoms with Crippen LogP contribution in [0.15, 0.2) is 48.5 Å². The van der Waals surface area contributed by atoms with Gasteiger partial charge in [-0.05, 0) is 43.3 Å². The average molecular weight is 321 g/mol. The molecule has 0 atom stereocenters. The number of aromatic amines is 1. The van der Waals surface area contributed by atoms with Gasteiger partial charge in [0.1, 0.15) is 11.6 Å². The summed E-state index contributed by atoms with van der Waals surface area (Å²) in [7, 11) is 0. The highest BCUT2D eigenvalue weighted by Crippen LogP contribution is 2.28. The third kappa shape index (κ3) is 2.62. The topological polar surface area (TPSA) is 58.2 Å². The minimum absolute atomic E-state index is 0.0606. The zero-order valence-corrected chi connectivity index (χ0v) is 13.5. The lowest BCUT2D eigenvalue weighted by atomic mass is 9.98. The van der Waals surface area contributed by atoms with E-state index in [0.29, 0.717) is 25.3 Å². The molecule has 2 aromatic carbocycles. The molecule has 4 rings (SSSR count). The van der Waals surface area contributed by atoms with Crippen LogP contribution in [0.4, 0.5) is 0 Å². The first-order valence-electron chi connectivity index (χ1n) is 8.21. The lowest BCUT2D eigenvalue weighted by molar-refractivity contribution is 0.0596. The van der Waals surface area contributed by atoms with E-state index >= 15 is 0 Å². The number of hydrogen-bond acceptors (Lipinski definition) is 3. The van der Waals surface area contributed by atoms with Gasteiger partial charge in [0.05, 0.1) is 23.6 Å². The highest BCUT2D eigenvalue weighted by atomic mass is 16.5. The van der Waals surface area contributed by atoms with E-state index in [9.17, 15) is 4.79 Å². The van der Waals surface area contributed by atoms with E-state index in [1.807, 2.05) is 60.4 Å². The number of fused-ring (bicyclic) bond motifs is 1. The Balaban J connectivity index is 1.42. The molecule has 0 spiro atoms. The number of ether oxygens (including phenoxy) is 1. The van der Waals surface area contributed by atoms with E-state index in [0.717, 1.165) is 22.6 Å². The first-order chi connectivity index (χ1) is 11.7. The van der Waals surface area contributed by atoms with Crippen LogP contribution < -0.4 is 4.74 Å². The number of nitrogens with one attached hydrogen (secondary N) is 1. The molecule has 1 N–H and O–H groups in total. The van der Waals surface area contributed by atoms with Crippen LogP contribution >= 0.6 is 0 Å². The van der Waals surface area contributed by atoms with Crippen LogP contribution in [0.1, 0.15) is 29.0 Å². The molecule has 1 fully saturated rings. The number of carbonyl (C=O) groups excluding carboxylic acids is 1. The number of imidazole rings is 1. The quantitative estimate of drug-likeness (QED) is 0.803. The molecule has 0 aliphatic carbocycles. The molecule has 24 heavy (non-hydrogen) atoms. The molecule has 3 aromatic rings. The van der Waals surface area contributed by atoms with Gasteiger partial charge in [-0.3, -0.25) is 4.79 Å². The second kappa shape index (κ2) is 6.00. The Morgan fingerprint density at radius 1 is 1.21 bits per heavy atom. The molecule has 1 amide bonds. The van der Waals surface area contributed by atoms with E-state index in [4.69, 9.17) is 4.74 Å². The molecule has 1 aromatic heterocycles. The predicted molar refractivity (Wildman–Crippen MR) is 92.3 cm³/mol. The smallest absolute Gasteiger partial charge is 0.253 e. The average Bonchev–Trinajstić information content (AvgIpc) is 2.97. The van der Waals surface area contributed by atoms with Gasteiger partial charge in [0.2, 0.25) is 0 Å². The van der Waals surface area contributed by atoms with Gasteiger partial charge < -0.3 is 14.6 Å². The second-order valence-electron chi connectivity index (χ2n) is 6.00. The van der Waals surface area contributed by atoms with Crippen molar-refractivity contribution in [1.82, 2.24) is 14.9 Å². The van der Waals surface area contributed by atoms with Crippen LogP contribution in [0.25, 0.3) is 11.0 Å². The van der Waals surface area contributed by atoms with Crippen LogP contribution in [0.5, 0.6) is 5.75 Å². The summed E-state index contributed by atoms with van der Waals surface area (Å²) in [5.41, 5.74) is 2.72. The normalized spacial score (nSPS) is 14.6. The maximum Gasteiger partial charge on any atom is 0.253 e. The van der Waals surface area contributed by atoms with E-state index < -0.39 is 0 Å². The van der Waals surface area contributed by atoms with Gasteiger partial charge in [-0.15, -0.1) is 0 Å². The molecular formula is C19H19N3O2. The molecule has 5 nitrogen and oxygen atoms in total. The van der Waals surface area contributed by atoms with Crippen molar-refractivity contribution >= 4 is 16.9 Å². The Kier molecular flexibility index (Phi) is 3.69. The monoisotopic (exact) mass is 321 g/mol. The Morgan fingerprint density at radius 2 is 1.96 bits per heavy atom. The van der Waals surface area contributed by atoms with Crippen molar-refractivity contribution in [3.8, 4) is 5.75 Å². The van der Waals surface area contributed by atoms with Crippen molar-refractivity contribution in [2.45, 2.75) is 12.8 Å². The van der Waals surface area contributed by atoms with Crippen molar-refractivity contribution in [3.63, 3.8) is 0 Å². The molecule has 122 valence electrons. The van der Waals surface area contributed by atoms with E-state index in [2.05, 4.69) is 9.97 Å². The summed E-state index contributed by atoms with van der Waals surface area (Å²) in [5.74, 6) is 2.10. The molecule has 0 saturated carbocycles. The van der Waals surface area contributed by atoms with Gasteiger partial charge in [0.25, 0.3) is 5.91 Å². The Morgan fingerprint density at radius 3 is 2.67 bits per heavy atom. The summed E-state index contributed by atoms with van der Waals surface area (Å²) in [6.07, 6.45) is 0. The van der Waals surface area contributed by atoms with Crippen LogP contribution in [-0.2, 0) is 0 Å². The van der Waals surface area contributed by atoms with Crippen LogP contribution in [0.3, 0.4) is 0 Å². The SMILES string of the molecule is CCOc1ccc(C(=O)N2CC(c3nc4ccccc4[nH]3)C2)cc1. The summed E-state index contributed by atoms with van der Waals surface area (Å²) >= 11 is 0. The number of H-pyrrole nitrogens is 1. The standard InChI is InChI=1S/C19H19N3O2/c1-2-24-15-9-7-13(8-10-15)19(23)22-11-14(12-22)18-20-16-5-3-4-6-17(16)21-18/h3-10,14H,2,11-12H2,1H3,(H,20,21). The summed E-state index contributed by atoms with van der Waals surface area (Å²) in [6.45, 7) is 3.97. The molecule has 1 saturated heterocycles. The number of aromatic nitrogens is 2. The van der Waals surface area contributed by atoms with Gasteiger partial charge in [-0.25, -0.2) is 4.98 Å². The fraction of sp³-hybridized carbons (Fsp3) is 0.263. The zero-order chi connectivity index (χ0) is 16.5. The van der Waals surface area contributed by atoms with E-state index in [1.54, 1.807) is 0 Å². The largest absolute Gasteiger partial charge is 0.494 e. The lowest BCUT2D eigenvalue weighted by Crippen LogP contribution is -2.48. The van der Waals surface area contributed by atoms with Crippen LogP contribution in [0.2, 0.25) is 0 Å². The number of benzene rings is 2. The maximum absolute atomic E-state index is 12.5. The minimum Gasteiger partial charge on any atom is -0.494 e. The molecular weight excluding hydrogens is 302 g/mol. The van der Waals surface area contributed by atoms with E-state index in [1.165, 1.54) is 0 Å². The molecule has 5 heteroatoms. The fourth-order valence-electron chi connectivity index (χ4n) is 3.03. The van der Waals surface area contributed by atoms with Crippen molar-refractivity contribution in [2.75, 3.05) is 19.7 Å². The fourth-order valence-corrected chi connectivity index (χ4v) is 3.03. The van der Waals surface area contributed by atoms with Crippen molar-refractivity contribution in [1.29, 1.82) is 0 Å². The van der Waals surface area contributed by atoms with Gasteiger partial charge in [-0.2, -0.15) is 0 Å². The van der Waals surface area contributed by atoms with Gasteiger partial charge in [0.15, 0.2) is 0 Å². The second-order valence-corrected chi connectivity index (χ2v) is 6.00. The molecule has 2 heterocycles. The van der Waals surface area contributed by atoms with Crippen LogP contribution in [0, 0.1) is 0 Å². The number of carbonyl (C=O) groups is 1. The number of amides is 1. The molecule has 1 aliphatic rings. The number of nitrogens with zero attached hydrogens (tertiary/aromatic N) is 2. The Labute approximate surface area is 140 Å². The number of rotatable bonds is 4. The highest BCUT2D eigenvalue weighted by molar-refractivity contribution is 5.95. The lowest BCUT2D eigenvalue weighted by Gasteiger charge is -2.38. The Bertz CT molecular complexity index is 831. The molecule has 0 bridgehead atoms. The van der Waals surface area contributed by atoms with Crippen molar-refractivity contribution in [2.24, 2.45) is 0 Å². The Hall–Kier alpha value is -2.82. The third-order valence-electron chi connectivity index (χ3n) is 4.38. The number of hydrogen-bond donors (Lipinski definition) is 1. The van der Waals surface area contributed by atoms with E-state index in [-0.39, 0.29) is 11.8 Å². The summed E-state index contributed by atoms with van der Waals surface area (Å²) in [6, 6.07) is 15.3. The molecule has 0 radical (unpaired) electrons. The first kappa shape index (κ1) is 14.8. The molecule has 1 aliphatic heterocycles. The van der Waals surface area contributed by atoms with Gasteiger partial charge in [0, 0.05) is 18.7 Å². The van der Waals surface area contributed by atoms with Gasteiger partial charge in [-0.1, -0.05) is 12.1 Å². The molecule has 0 unspecified atom stereocenters. The first-order valence-corrected chi connectivity index (χ1v) is 8.21. The zero-order valence-electron chi connectivity index (χ0n) is 13.5.